The number of amides is 1. The lowest BCUT2D eigenvalue weighted by Crippen LogP contribution is -2.43. The van der Waals surface area contributed by atoms with Crippen molar-refractivity contribution in [1.29, 1.82) is 0 Å². The van der Waals surface area contributed by atoms with E-state index in [1.54, 1.807) is 33.0 Å². The summed E-state index contributed by atoms with van der Waals surface area (Å²) in [5.41, 5.74) is 1.47. The zero-order valence-corrected chi connectivity index (χ0v) is 24.6. The van der Waals surface area contributed by atoms with Gasteiger partial charge in [0.25, 0.3) is 0 Å². The molecule has 0 aliphatic rings. The minimum atomic E-state index is -0.839. The van der Waals surface area contributed by atoms with Crippen LogP contribution in [0, 0.1) is 11.8 Å². The molecule has 1 N–H and O–H groups in total. The Hall–Kier alpha value is -4.14. The van der Waals surface area contributed by atoms with Gasteiger partial charge in [-0.2, -0.15) is 0 Å². The van der Waals surface area contributed by atoms with Gasteiger partial charge in [0.1, 0.15) is 12.2 Å². The maximum Gasteiger partial charge on any atom is 0.419 e. The first-order chi connectivity index (χ1) is 19.4. The number of fused-ring (bicyclic) bond motifs is 1. The van der Waals surface area contributed by atoms with Gasteiger partial charge in [0.15, 0.2) is 5.78 Å². The summed E-state index contributed by atoms with van der Waals surface area (Å²) >= 11 is 0. The number of benzene rings is 2. The third-order valence-corrected chi connectivity index (χ3v) is 6.43. The Morgan fingerprint density at radius 1 is 0.951 bits per heavy atom. The van der Waals surface area contributed by atoms with E-state index in [2.05, 4.69) is 5.32 Å². The van der Waals surface area contributed by atoms with Crippen LogP contribution in [0.25, 0.3) is 10.9 Å². The van der Waals surface area contributed by atoms with Crippen molar-refractivity contribution in [2.75, 3.05) is 7.11 Å². The summed E-state index contributed by atoms with van der Waals surface area (Å²) in [6, 6.07) is 15.7. The number of nitrogens with one attached hydrogen (secondary N) is 1. The lowest BCUT2D eigenvalue weighted by molar-refractivity contribution is -0.147. The number of alkyl carbamates (subject to hydrolysis) is 1. The van der Waals surface area contributed by atoms with Crippen LogP contribution in [-0.2, 0) is 36.8 Å². The third-order valence-electron chi connectivity index (χ3n) is 6.43. The van der Waals surface area contributed by atoms with Gasteiger partial charge in [-0.3, -0.25) is 14.2 Å². The highest BCUT2D eigenvalue weighted by Gasteiger charge is 2.31. The van der Waals surface area contributed by atoms with Crippen LogP contribution in [0.4, 0.5) is 9.59 Å². The molecule has 9 heteroatoms. The van der Waals surface area contributed by atoms with E-state index in [1.807, 2.05) is 62.4 Å². The number of rotatable bonds is 11. The highest BCUT2D eigenvalue weighted by Crippen LogP contribution is 2.27. The van der Waals surface area contributed by atoms with Crippen LogP contribution in [-0.4, -0.2) is 47.3 Å². The number of nitrogens with zero attached hydrogens (tertiary/aromatic N) is 1. The molecule has 0 saturated heterocycles. The summed E-state index contributed by atoms with van der Waals surface area (Å²) in [5.74, 6) is -1.59. The maximum absolute atomic E-state index is 13.5. The molecule has 0 aliphatic heterocycles. The standard InChI is InChI=1S/C32H40N2O7/c1-21(2)16-26(33-30(37)40-20-22-12-8-7-9-13-22)28(35)18-23(29(36)39-6)17-24-19-34(31(38)41-32(3,4)5)27-15-11-10-14-25(24)27/h7-15,19,21,23,26H,16-18,20H2,1-6H3,(H,33,37)/t23-,26-/m1/s1. The lowest BCUT2D eigenvalue weighted by Gasteiger charge is -2.22. The van der Waals surface area contributed by atoms with Crippen molar-refractivity contribution in [3.05, 3.63) is 71.9 Å². The SMILES string of the molecule is COC(=O)[C@@H](CC(=O)[C@@H](CC(C)C)NC(=O)OCc1ccccc1)Cc1cn(C(=O)OC(C)(C)C)c2ccccc12. The molecule has 0 unspecified atom stereocenters. The average Bonchev–Trinajstić information content (AvgIpc) is 3.28. The molecule has 1 heterocycles. The van der Waals surface area contributed by atoms with Gasteiger partial charge in [0.2, 0.25) is 0 Å². The summed E-state index contributed by atoms with van der Waals surface area (Å²) < 4.78 is 17.4. The number of carbonyl (C=O) groups is 4. The summed E-state index contributed by atoms with van der Waals surface area (Å²) in [7, 11) is 1.27. The summed E-state index contributed by atoms with van der Waals surface area (Å²) in [6.07, 6.45) is 0.773. The summed E-state index contributed by atoms with van der Waals surface area (Å²) in [6.45, 7) is 9.32. The molecule has 3 aromatic rings. The van der Waals surface area contributed by atoms with Crippen molar-refractivity contribution in [3.8, 4) is 0 Å². The molecule has 1 aromatic heterocycles. The largest absolute Gasteiger partial charge is 0.469 e. The zero-order valence-electron chi connectivity index (χ0n) is 24.6. The number of ether oxygens (including phenoxy) is 3. The number of Topliss-reactive ketones (excluding diaryl/α,β-unsaturated/α-hetero) is 1. The number of carbonyl (C=O) groups excluding carboxylic acids is 4. The summed E-state index contributed by atoms with van der Waals surface area (Å²) in [5, 5.41) is 3.45. The Balaban J connectivity index is 1.79. The van der Waals surface area contributed by atoms with Crippen molar-refractivity contribution in [1.82, 2.24) is 9.88 Å². The quantitative estimate of drug-likeness (QED) is 0.223. The summed E-state index contributed by atoms with van der Waals surface area (Å²) in [4.78, 5) is 51.8. The van der Waals surface area contributed by atoms with Crippen molar-refractivity contribution in [2.24, 2.45) is 11.8 Å². The van der Waals surface area contributed by atoms with Gasteiger partial charge in [0.05, 0.1) is 24.6 Å². The topological polar surface area (TPSA) is 113 Å². The van der Waals surface area contributed by atoms with Crippen molar-refractivity contribution in [3.63, 3.8) is 0 Å². The van der Waals surface area contributed by atoms with Crippen LogP contribution in [0.15, 0.2) is 60.8 Å². The molecule has 0 aliphatic carbocycles. The Kier molecular flexibility index (Phi) is 10.7. The second kappa shape index (κ2) is 14.0. The van der Waals surface area contributed by atoms with E-state index in [1.165, 1.54) is 11.7 Å². The fourth-order valence-electron chi connectivity index (χ4n) is 4.58. The molecule has 3 rings (SSSR count). The van der Waals surface area contributed by atoms with E-state index in [4.69, 9.17) is 14.2 Å². The molecule has 0 bridgehead atoms. The van der Waals surface area contributed by atoms with E-state index in [0.717, 1.165) is 10.9 Å². The fourth-order valence-corrected chi connectivity index (χ4v) is 4.58. The van der Waals surface area contributed by atoms with Crippen LogP contribution in [0.2, 0.25) is 0 Å². The Labute approximate surface area is 241 Å². The predicted octanol–water partition coefficient (Wildman–Crippen LogP) is 6.06. The van der Waals surface area contributed by atoms with Gasteiger partial charge < -0.3 is 19.5 Å². The van der Waals surface area contributed by atoms with E-state index in [-0.39, 0.29) is 31.1 Å². The Morgan fingerprint density at radius 2 is 1.61 bits per heavy atom. The minimum absolute atomic E-state index is 0.0712. The lowest BCUT2D eigenvalue weighted by atomic mass is 9.89. The Bertz CT molecular complexity index is 1360. The van der Waals surface area contributed by atoms with Crippen molar-refractivity contribution >= 4 is 34.8 Å². The maximum atomic E-state index is 13.5. The molecule has 220 valence electrons. The van der Waals surface area contributed by atoms with Crippen LogP contribution in [0.1, 0.15) is 58.6 Å². The van der Waals surface area contributed by atoms with Gasteiger partial charge in [-0.05, 0) is 56.7 Å². The number of hydrogen-bond donors (Lipinski definition) is 1. The van der Waals surface area contributed by atoms with E-state index < -0.39 is 35.7 Å². The van der Waals surface area contributed by atoms with E-state index in [9.17, 15) is 19.2 Å². The number of ketones is 1. The smallest absolute Gasteiger partial charge is 0.419 e. The van der Waals surface area contributed by atoms with Crippen molar-refractivity contribution < 1.29 is 33.4 Å². The second-order valence-corrected chi connectivity index (χ2v) is 11.5. The number of para-hydroxylation sites is 1. The molecule has 0 spiro atoms. The van der Waals surface area contributed by atoms with E-state index >= 15 is 0 Å². The minimum Gasteiger partial charge on any atom is -0.469 e. The average molecular weight is 565 g/mol. The highest BCUT2D eigenvalue weighted by atomic mass is 16.6. The second-order valence-electron chi connectivity index (χ2n) is 11.5. The van der Waals surface area contributed by atoms with Crippen molar-refractivity contribution in [2.45, 2.75) is 72.1 Å². The first-order valence-electron chi connectivity index (χ1n) is 13.8. The molecule has 41 heavy (non-hydrogen) atoms. The van der Waals surface area contributed by atoms with Crippen LogP contribution in [0.3, 0.4) is 0 Å². The molecule has 1 amide bonds. The van der Waals surface area contributed by atoms with Crippen LogP contribution < -0.4 is 5.32 Å². The fraction of sp³-hybridized carbons (Fsp3) is 0.438. The molecule has 2 atom stereocenters. The van der Waals surface area contributed by atoms with Crippen LogP contribution >= 0.6 is 0 Å². The molecule has 0 radical (unpaired) electrons. The number of esters is 1. The van der Waals surface area contributed by atoms with E-state index in [0.29, 0.717) is 17.5 Å². The van der Waals surface area contributed by atoms with Gasteiger partial charge in [-0.25, -0.2) is 9.59 Å². The van der Waals surface area contributed by atoms with Crippen LogP contribution in [0.5, 0.6) is 0 Å². The molecular weight excluding hydrogens is 524 g/mol. The zero-order chi connectivity index (χ0) is 30.2. The van der Waals surface area contributed by atoms with Gasteiger partial charge in [-0.1, -0.05) is 62.4 Å². The highest BCUT2D eigenvalue weighted by molar-refractivity contribution is 5.93. The first kappa shape index (κ1) is 31.4. The third kappa shape index (κ3) is 9.20. The molecule has 2 aromatic carbocycles. The van der Waals surface area contributed by atoms with Gasteiger partial charge in [-0.15, -0.1) is 0 Å². The number of hydrogen-bond acceptors (Lipinski definition) is 7. The molecule has 0 saturated carbocycles. The number of aromatic nitrogens is 1. The molecule has 9 nitrogen and oxygen atoms in total. The molecular formula is C32H40N2O7. The monoisotopic (exact) mass is 564 g/mol. The normalized spacial score (nSPS) is 13.0. The Morgan fingerprint density at radius 3 is 2.24 bits per heavy atom. The first-order valence-corrected chi connectivity index (χ1v) is 13.8. The van der Waals surface area contributed by atoms with Gasteiger partial charge >= 0.3 is 18.2 Å². The van der Waals surface area contributed by atoms with Gasteiger partial charge in [0, 0.05) is 18.0 Å². The molecule has 0 fully saturated rings. The number of methoxy groups -OCH3 is 1. The predicted molar refractivity (Wildman–Crippen MR) is 155 cm³/mol.